The van der Waals surface area contributed by atoms with Gasteiger partial charge in [0.1, 0.15) is 5.82 Å². The van der Waals surface area contributed by atoms with Crippen LogP contribution in [-0.2, 0) is 16.1 Å². The van der Waals surface area contributed by atoms with E-state index in [2.05, 4.69) is 14.9 Å². The number of esters is 1. The molecule has 3 rings (SSSR count). The third kappa shape index (κ3) is 2.80. The summed E-state index contributed by atoms with van der Waals surface area (Å²) in [5.41, 5.74) is 0.569. The van der Waals surface area contributed by atoms with Crippen molar-refractivity contribution in [2.75, 3.05) is 20.2 Å². The van der Waals surface area contributed by atoms with Crippen LogP contribution in [0.1, 0.15) is 12.2 Å². The summed E-state index contributed by atoms with van der Waals surface area (Å²) < 4.78 is 4.77. The number of nitrogens with one attached hydrogen (secondary N) is 1. The maximum absolute atomic E-state index is 12.0. The first-order chi connectivity index (χ1) is 10.2. The summed E-state index contributed by atoms with van der Waals surface area (Å²) in [6.07, 6.45) is 0.782. The molecule has 1 aromatic carbocycles. The molecule has 1 aromatic heterocycles. The topological polar surface area (TPSA) is 75.3 Å². The molecule has 0 amide bonds. The van der Waals surface area contributed by atoms with Gasteiger partial charge in [-0.2, -0.15) is 0 Å². The second-order valence-electron chi connectivity index (χ2n) is 5.27. The predicted octanol–water partition coefficient (Wildman–Crippen LogP) is 0.918. The lowest BCUT2D eigenvalue weighted by Gasteiger charge is -2.14. The first-order valence-electron chi connectivity index (χ1n) is 6.95. The van der Waals surface area contributed by atoms with Gasteiger partial charge >= 0.3 is 5.97 Å². The number of carbonyl (C=O) groups excluding carboxylic acids is 1. The van der Waals surface area contributed by atoms with Gasteiger partial charge in [-0.25, -0.2) is 4.98 Å². The van der Waals surface area contributed by atoms with Crippen LogP contribution in [0.5, 0.6) is 0 Å². The van der Waals surface area contributed by atoms with E-state index >= 15 is 0 Å². The fraction of sp³-hybridized carbons (Fsp3) is 0.400. The van der Waals surface area contributed by atoms with Crippen molar-refractivity contribution in [1.82, 2.24) is 14.9 Å². The number of hydrogen-bond donors (Lipinski definition) is 1. The van der Waals surface area contributed by atoms with Crippen LogP contribution in [0.4, 0.5) is 0 Å². The Bertz CT molecular complexity index is 725. The van der Waals surface area contributed by atoms with Gasteiger partial charge in [0.05, 0.1) is 30.5 Å². The molecule has 0 radical (unpaired) electrons. The van der Waals surface area contributed by atoms with E-state index in [1.807, 2.05) is 18.2 Å². The Balaban J connectivity index is 1.77. The van der Waals surface area contributed by atoms with Crippen LogP contribution in [0, 0.1) is 5.92 Å². The van der Waals surface area contributed by atoms with E-state index in [0.717, 1.165) is 13.0 Å². The highest BCUT2D eigenvalue weighted by Gasteiger charge is 2.29. The average Bonchev–Trinajstić information content (AvgIpc) is 2.95. The standard InChI is InChI=1S/C15H17N3O3/c1-21-15(20)10-6-7-18(8-10)9-13-16-12-5-3-2-4-11(12)14(19)17-13/h2-5,10H,6-9H2,1H3,(H,16,17,19). The Morgan fingerprint density at radius 2 is 2.29 bits per heavy atom. The summed E-state index contributed by atoms with van der Waals surface area (Å²) in [4.78, 5) is 32.9. The zero-order valence-corrected chi connectivity index (χ0v) is 11.8. The van der Waals surface area contributed by atoms with Crippen LogP contribution >= 0.6 is 0 Å². The molecule has 1 fully saturated rings. The highest BCUT2D eigenvalue weighted by molar-refractivity contribution is 5.77. The van der Waals surface area contributed by atoms with Crippen molar-refractivity contribution in [3.05, 3.63) is 40.4 Å². The van der Waals surface area contributed by atoms with E-state index in [1.165, 1.54) is 7.11 Å². The lowest BCUT2D eigenvalue weighted by Crippen LogP contribution is -2.25. The second-order valence-corrected chi connectivity index (χ2v) is 5.27. The molecule has 2 aromatic rings. The molecule has 0 aliphatic carbocycles. The summed E-state index contributed by atoms with van der Waals surface area (Å²) >= 11 is 0. The third-order valence-corrected chi connectivity index (χ3v) is 3.84. The number of para-hydroxylation sites is 1. The molecule has 1 aliphatic rings. The van der Waals surface area contributed by atoms with Crippen molar-refractivity contribution in [2.45, 2.75) is 13.0 Å². The van der Waals surface area contributed by atoms with E-state index in [1.54, 1.807) is 6.07 Å². The Hall–Kier alpha value is -2.21. The SMILES string of the molecule is COC(=O)C1CCN(Cc2nc3ccccc3c(=O)[nH]2)C1. The van der Waals surface area contributed by atoms with Gasteiger partial charge in [0, 0.05) is 6.54 Å². The highest BCUT2D eigenvalue weighted by atomic mass is 16.5. The number of fused-ring (bicyclic) bond motifs is 1. The van der Waals surface area contributed by atoms with Crippen molar-refractivity contribution in [1.29, 1.82) is 0 Å². The van der Waals surface area contributed by atoms with Crippen molar-refractivity contribution < 1.29 is 9.53 Å². The molecule has 0 saturated carbocycles. The van der Waals surface area contributed by atoms with Gasteiger partial charge < -0.3 is 9.72 Å². The van der Waals surface area contributed by atoms with Crippen LogP contribution in [0.25, 0.3) is 10.9 Å². The van der Waals surface area contributed by atoms with Gasteiger partial charge in [-0.1, -0.05) is 12.1 Å². The number of likely N-dealkylation sites (tertiary alicyclic amines) is 1. The molecule has 1 atom stereocenters. The van der Waals surface area contributed by atoms with Crippen LogP contribution in [0.15, 0.2) is 29.1 Å². The second kappa shape index (κ2) is 5.65. The fourth-order valence-corrected chi connectivity index (χ4v) is 2.76. The van der Waals surface area contributed by atoms with Gasteiger partial charge in [0.2, 0.25) is 0 Å². The number of ether oxygens (including phenoxy) is 1. The molecule has 6 heteroatoms. The molecule has 2 heterocycles. The minimum Gasteiger partial charge on any atom is -0.469 e. The minimum atomic E-state index is -0.169. The number of nitrogens with zero attached hydrogens (tertiary/aromatic N) is 2. The summed E-state index contributed by atoms with van der Waals surface area (Å²) in [7, 11) is 1.41. The quantitative estimate of drug-likeness (QED) is 0.850. The monoisotopic (exact) mass is 287 g/mol. The van der Waals surface area contributed by atoms with Gasteiger partial charge in [0.25, 0.3) is 5.56 Å². The lowest BCUT2D eigenvalue weighted by molar-refractivity contribution is -0.144. The molecular weight excluding hydrogens is 270 g/mol. The number of aromatic nitrogens is 2. The Morgan fingerprint density at radius 3 is 3.10 bits per heavy atom. The molecule has 110 valence electrons. The average molecular weight is 287 g/mol. The normalized spacial score (nSPS) is 19.0. The van der Waals surface area contributed by atoms with Gasteiger partial charge in [-0.3, -0.25) is 14.5 Å². The van der Waals surface area contributed by atoms with Crippen molar-refractivity contribution in [2.24, 2.45) is 5.92 Å². The molecule has 0 spiro atoms. The minimum absolute atomic E-state index is 0.0813. The van der Waals surface area contributed by atoms with E-state index < -0.39 is 0 Å². The third-order valence-electron chi connectivity index (χ3n) is 3.84. The number of benzene rings is 1. The largest absolute Gasteiger partial charge is 0.469 e. The number of hydrogen-bond acceptors (Lipinski definition) is 5. The van der Waals surface area contributed by atoms with E-state index in [9.17, 15) is 9.59 Å². The molecule has 0 bridgehead atoms. The van der Waals surface area contributed by atoms with E-state index in [4.69, 9.17) is 4.74 Å². The van der Waals surface area contributed by atoms with Crippen molar-refractivity contribution >= 4 is 16.9 Å². The van der Waals surface area contributed by atoms with Gasteiger partial charge in [-0.05, 0) is 25.1 Å². The summed E-state index contributed by atoms with van der Waals surface area (Å²) in [6, 6.07) is 7.27. The van der Waals surface area contributed by atoms with Crippen LogP contribution < -0.4 is 5.56 Å². The zero-order chi connectivity index (χ0) is 14.8. The number of rotatable bonds is 3. The predicted molar refractivity (Wildman–Crippen MR) is 77.8 cm³/mol. The molecule has 1 unspecified atom stereocenters. The van der Waals surface area contributed by atoms with Crippen LogP contribution in [-0.4, -0.2) is 41.0 Å². The number of aromatic amines is 1. The highest BCUT2D eigenvalue weighted by Crippen LogP contribution is 2.19. The molecule has 1 aliphatic heterocycles. The summed E-state index contributed by atoms with van der Waals surface area (Å²) in [5, 5.41) is 0.593. The summed E-state index contributed by atoms with van der Waals surface area (Å²) in [6.45, 7) is 1.98. The Labute approximate surface area is 121 Å². The van der Waals surface area contributed by atoms with Crippen molar-refractivity contribution in [3.8, 4) is 0 Å². The van der Waals surface area contributed by atoms with E-state index in [-0.39, 0.29) is 17.4 Å². The Morgan fingerprint density at radius 1 is 1.48 bits per heavy atom. The number of H-pyrrole nitrogens is 1. The molecule has 1 saturated heterocycles. The maximum Gasteiger partial charge on any atom is 0.310 e. The fourth-order valence-electron chi connectivity index (χ4n) is 2.76. The van der Waals surface area contributed by atoms with Gasteiger partial charge in [-0.15, -0.1) is 0 Å². The smallest absolute Gasteiger partial charge is 0.310 e. The van der Waals surface area contributed by atoms with Crippen LogP contribution in [0.2, 0.25) is 0 Å². The first kappa shape index (κ1) is 13.8. The first-order valence-corrected chi connectivity index (χ1v) is 6.95. The van der Waals surface area contributed by atoms with Crippen molar-refractivity contribution in [3.63, 3.8) is 0 Å². The molecule has 6 nitrogen and oxygen atoms in total. The Kier molecular flexibility index (Phi) is 3.70. The summed E-state index contributed by atoms with van der Waals surface area (Å²) in [5.74, 6) is 0.379. The molecular formula is C15H17N3O3. The molecule has 21 heavy (non-hydrogen) atoms. The zero-order valence-electron chi connectivity index (χ0n) is 11.8. The molecule has 1 N–H and O–H groups in total. The number of carbonyl (C=O) groups is 1. The lowest BCUT2D eigenvalue weighted by atomic mass is 10.1. The van der Waals surface area contributed by atoms with Crippen LogP contribution in [0.3, 0.4) is 0 Å². The van der Waals surface area contributed by atoms with Gasteiger partial charge in [0.15, 0.2) is 0 Å². The number of methoxy groups -OCH3 is 1. The maximum atomic E-state index is 12.0. The van der Waals surface area contributed by atoms with E-state index in [0.29, 0.717) is 29.8 Å².